The third-order valence-corrected chi connectivity index (χ3v) is 5.00. The maximum absolute atomic E-state index is 14.2. The molecule has 1 aliphatic rings. The number of nitrogens with zero attached hydrogens (tertiary/aromatic N) is 4. The van der Waals surface area contributed by atoms with E-state index in [2.05, 4.69) is 30.4 Å². The van der Waals surface area contributed by atoms with E-state index in [1.807, 2.05) is 0 Å². The van der Waals surface area contributed by atoms with E-state index >= 15 is 0 Å². The molecular weight excluding hydrogens is 365 g/mol. The van der Waals surface area contributed by atoms with Crippen molar-refractivity contribution in [3.63, 3.8) is 0 Å². The van der Waals surface area contributed by atoms with Crippen molar-refractivity contribution in [1.82, 2.24) is 20.3 Å². The number of aromatic nitrogens is 4. The molecule has 0 spiro atoms. The first-order valence-corrected chi connectivity index (χ1v) is 8.85. The Balaban J connectivity index is 1.46. The van der Waals surface area contributed by atoms with Gasteiger partial charge < -0.3 is 14.6 Å². The maximum Gasteiger partial charge on any atom is 0.376 e. The topological polar surface area (TPSA) is 103 Å². The third kappa shape index (κ3) is 3.30. The Kier molecular flexibility index (Phi) is 4.72. The summed E-state index contributed by atoms with van der Waals surface area (Å²) in [6, 6.07) is 7.94. The Morgan fingerprint density at radius 1 is 1.29 bits per heavy atom. The van der Waals surface area contributed by atoms with E-state index in [9.17, 15) is 9.18 Å². The number of esters is 1. The van der Waals surface area contributed by atoms with E-state index in [0.29, 0.717) is 29.4 Å². The highest BCUT2D eigenvalue weighted by atomic mass is 19.1. The lowest BCUT2D eigenvalue weighted by atomic mass is 9.66. The summed E-state index contributed by atoms with van der Waals surface area (Å²) >= 11 is 0. The number of pyridine rings is 1. The SMILES string of the molecule is COC(=O)c1cc(-c2ccc(NCC3(c4ncccc4F)CCC3)nn2)no1. The van der Waals surface area contributed by atoms with Crippen LogP contribution >= 0.6 is 0 Å². The van der Waals surface area contributed by atoms with Crippen LogP contribution in [0.1, 0.15) is 35.5 Å². The van der Waals surface area contributed by atoms with Gasteiger partial charge in [-0.05, 0) is 37.1 Å². The second-order valence-electron chi connectivity index (χ2n) is 6.69. The van der Waals surface area contributed by atoms with Crippen molar-refractivity contribution in [3.05, 3.63) is 53.8 Å². The summed E-state index contributed by atoms with van der Waals surface area (Å²) in [5.74, 6) is -0.343. The Hall–Kier alpha value is -3.36. The van der Waals surface area contributed by atoms with E-state index in [-0.39, 0.29) is 17.0 Å². The third-order valence-electron chi connectivity index (χ3n) is 5.00. The van der Waals surface area contributed by atoms with Crippen molar-refractivity contribution in [3.8, 4) is 11.4 Å². The van der Waals surface area contributed by atoms with Crippen molar-refractivity contribution in [2.24, 2.45) is 0 Å². The molecule has 0 radical (unpaired) electrons. The number of hydrogen-bond donors (Lipinski definition) is 1. The van der Waals surface area contributed by atoms with Crippen LogP contribution in [-0.4, -0.2) is 40.0 Å². The number of rotatable bonds is 6. The van der Waals surface area contributed by atoms with Crippen LogP contribution in [0.4, 0.5) is 10.2 Å². The Morgan fingerprint density at radius 2 is 2.14 bits per heavy atom. The normalized spacial score (nSPS) is 14.9. The summed E-state index contributed by atoms with van der Waals surface area (Å²) in [6.45, 7) is 0.519. The minimum absolute atomic E-state index is 0.00851. The lowest BCUT2D eigenvalue weighted by molar-refractivity contribution is 0.0554. The zero-order chi connectivity index (χ0) is 19.6. The number of carbonyl (C=O) groups is 1. The summed E-state index contributed by atoms with van der Waals surface area (Å²) in [5, 5.41) is 15.3. The molecule has 0 atom stereocenters. The van der Waals surface area contributed by atoms with Crippen molar-refractivity contribution in [2.75, 3.05) is 19.0 Å². The van der Waals surface area contributed by atoms with E-state index in [1.54, 1.807) is 24.4 Å². The van der Waals surface area contributed by atoms with Gasteiger partial charge in [-0.2, -0.15) is 0 Å². The molecule has 4 rings (SSSR count). The molecule has 1 N–H and O–H groups in total. The predicted octanol–water partition coefficient (Wildman–Crippen LogP) is 2.99. The van der Waals surface area contributed by atoms with Crippen LogP contribution in [0.2, 0.25) is 0 Å². The summed E-state index contributed by atoms with van der Waals surface area (Å²) in [5.41, 5.74) is 1.01. The zero-order valence-corrected chi connectivity index (χ0v) is 15.2. The molecule has 1 saturated carbocycles. The second kappa shape index (κ2) is 7.34. The summed E-state index contributed by atoms with van der Waals surface area (Å²) in [6.07, 6.45) is 4.40. The van der Waals surface area contributed by atoms with E-state index < -0.39 is 5.97 Å². The monoisotopic (exact) mass is 383 g/mol. The van der Waals surface area contributed by atoms with Gasteiger partial charge in [-0.3, -0.25) is 4.98 Å². The van der Waals surface area contributed by atoms with Crippen molar-refractivity contribution < 1.29 is 18.4 Å². The highest BCUT2D eigenvalue weighted by Gasteiger charge is 2.41. The highest BCUT2D eigenvalue weighted by Crippen LogP contribution is 2.43. The van der Waals surface area contributed by atoms with Gasteiger partial charge in [-0.15, -0.1) is 10.2 Å². The van der Waals surface area contributed by atoms with Gasteiger partial charge in [-0.1, -0.05) is 11.6 Å². The predicted molar refractivity (Wildman–Crippen MR) is 97.1 cm³/mol. The molecule has 0 aromatic carbocycles. The average molecular weight is 383 g/mol. The van der Waals surface area contributed by atoms with Crippen LogP contribution in [0, 0.1) is 5.82 Å². The molecule has 0 unspecified atom stereocenters. The quantitative estimate of drug-likeness (QED) is 0.648. The largest absolute Gasteiger partial charge is 0.463 e. The molecule has 0 aliphatic heterocycles. The van der Waals surface area contributed by atoms with Gasteiger partial charge in [0.25, 0.3) is 0 Å². The molecule has 3 aromatic heterocycles. The molecule has 0 saturated heterocycles. The molecule has 0 bridgehead atoms. The number of carbonyl (C=O) groups excluding carboxylic acids is 1. The number of hydrogen-bond acceptors (Lipinski definition) is 8. The molecule has 3 heterocycles. The van der Waals surface area contributed by atoms with E-state index in [0.717, 1.165) is 19.3 Å². The second-order valence-corrected chi connectivity index (χ2v) is 6.69. The maximum atomic E-state index is 14.2. The van der Waals surface area contributed by atoms with Crippen LogP contribution in [0.3, 0.4) is 0 Å². The number of anilines is 1. The van der Waals surface area contributed by atoms with Crippen LogP contribution in [0.15, 0.2) is 41.1 Å². The molecular formula is C19H18FN5O3. The minimum Gasteiger partial charge on any atom is -0.463 e. The number of halogens is 1. The van der Waals surface area contributed by atoms with Gasteiger partial charge in [0.15, 0.2) is 0 Å². The molecule has 0 amide bonds. The first-order chi connectivity index (χ1) is 13.6. The van der Waals surface area contributed by atoms with Gasteiger partial charge >= 0.3 is 5.97 Å². The standard InChI is InChI=1S/C19H18FN5O3/c1-27-18(26)15-10-14(25-28-15)13-5-6-16(24-23-13)22-11-19(7-3-8-19)17-12(20)4-2-9-21-17/h2,4-6,9-10H,3,7-8,11H2,1H3,(H,22,24). The molecule has 8 nitrogen and oxygen atoms in total. The fourth-order valence-corrected chi connectivity index (χ4v) is 3.29. The number of methoxy groups -OCH3 is 1. The molecule has 1 fully saturated rings. The van der Waals surface area contributed by atoms with Crippen LogP contribution in [-0.2, 0) is 10.2 Å². The lowest BCUT2D eigenvalue weighted by Gasteiger charge is -2.41. The summed E-state index contributed by atoms with van der Waals surface area (Å²) < 4.78 is 23.7. The minimum atomic E-state index is -0.613. The fourth-order valence-electron chi connectivity index (χ4n) is 3.29. The zero-order valence-electron chi connectivity index (χ0n) is 15.2. The Morgan fingerprint density at radius 3 is 2.79 bits per heavy atom. The molecule has 28 heavy (non-hydrogen) atoms. The van der Waals surface area contributed by atoms with Crippen molar-refractivity contribution in [1.29, 1.82) is 0 Å². The van der Waals surface area contributed by atoms with Gasteiger partial charge in [-0.25, -0.2) is 9.18 Å². The van der Waals surface area contributed by atoms with Gasteiger partial charge in [0.1, 0.15) is 23.0 Å². The van der Waals surface area contributed by atoms with Crippen LogP contribution in [0.5, 0.6) is 0 Å². The molecule has 9 heteroatoms. The van der Waals surface area contributed by atoms with E-state index in [4.69, 9.17) is 4.52 Å². The van der Waals surface area contributed by atoms with Crippen LogP contribution in [0.25, 0.3) is 11.4 Å². The lowest BCUT2D eigenvalue weighted by Crippen LogP contribution is -2.42. The van der Waals surface area contributed by atoms with Gasteiger partial charge in [0.05, 0.1) is 12.8 Å². The summed E-state index contributed by atoms with van der Waals surface area (Å²) in [7, 11) is 1.26. The van der Waals surface area contributed by atoms with Crippen molar-refractivity contribution in [2.45, 2.75) is 24.7 Å². The smallest absolute Gasteiger partial charge is 0.376 e. The Bertz CT molecular complexity index is 985. The first-order valence-electron chi connectivity index (χ1n) is 8.85. The van der Waals surface area contributed by atoms with Crippen molar-refractivity contribution >= 4 is 11.8 Å². The van der Waals surface area contributed by atoms with E-state index in [1.165, 1.54) is 19.2 Å². The molecule has 144 valence electrons. The highest BCUT2D eigenvalue weighted by molar-refractivity contribution is 5.87. The molecule has 1 aliphatic carbocycles. The summed E-state index contributed by atoms with van der Waals surface area (Å²) in [4.78, 5) is 15.7. The number of ether oxygens (including phenoxy) is 1. The molecule has 3 aromatic rings. The Labute approximate surface area is 160 Å². The van der Waals surface area contributed by atoms with Crippen LogP contribution < -0.4 is 5.32 Å². The van der Waals surface area contributed by atoms with Gasteiger partial charge in [0.2, 0.25) is 5.76 Å². The average Bonchev–Trinajstić information content (AvgIpc) is 3.18. The van der Waals surface area contributed by atoms with Gasteiger partial charge in [0, 0.05) is 24.2 Å². The first kappa shape index (κ1) is 18.0. The number of nitrogens with one attached hydrogen (secondary N) is 1. The fraction of sp³-hybridized carbons (Fsp3) is 0.316.